The first-order chi connectivity index (χ1) is 11.5. The summed E-state index contributed by atoms with van der Waals surface area (Å²) in [5, 5.41) is 13.8. The lowest BCUT2D eigenvalue weighted by atomic mass is 10.1. The van der Waals surface area contributed by atoms with Gasteiger partial charge in [-0.05, 0) is 18.6 Å². The summed E-state index contributed by atoms with van der Waals surface area (Å²) in [4.78, 5) is 35.8. The highest BCUT2D eigenvalue weighted by Crippen LogP contribution is 2.14. The van der Waals surface area contributed by atoms with Crippen molar-refractivity contribution in [2.75, 3.05) is 26.2 Å². The molecule has 1 fully saturated rings. The van der Waals surface area contributed by atoms with Crippen molar-refractivity contribution in [3.63, 3.8) is 0 Å². The number of carbonyl (C=O) groups is 2. The molecule has 1 N–H and O–H groups in total. The Morgan fingerprint density at radius 2 is 2.29 bits per heavy atom. The quantitative estimate of drug-likeness (QED) is 0.373. The first-order valence-corrected chi connectivity index (χ1v) is 7.62. The van der Waals surface area contributed by atoms with E-state index in [4.69, 9.17) is 4.74 Å². The smallest absolute Gasteiger partial charge is 0.324 e. The van der Waals surface area contributed by atoms with Crippen LogP contribution in [-0.2, 0) is 14.3 Å². The molecule has 8 heteroatoms. The number of ether oxygens (including phenoxy) is 1. The van der Waals surface area contributed by atoms with E-state index >= 15 is 0 Å². The minimum atomic E-state index is -0.533. The molecule has 0 bridgehead atoms. The second kappa shape index (κ2) is 8.21. The van der Waals surface area contributed by atoms with Crippen LogP contribution in [0.25, 0.3) is 6.08 Å². The maximum Gasteiger partial charge on any atom is 0.324 e. The average Bonchev–Trinajstić information content (AvgIpc) is 2.60. The van der Waals surface area contributed by atoms with Crippen molar-refractivity contribution in [1.82, 2.24) is 10.2 Å². The van der Waals surface area contributed by atoms with Gasteiger partial charge in [-0.2, -0.15) is 0 Å². The molecule has 1 atom stereocenters. The summed E-state index contributed by atoms with van der Waals surface area (Å²) in [7, 11) is 0. The van der Waals surface area contributed by atoms with Crippen molar-refractivity contribution in [3.8, 4) is 0 Å². The van der Waals surface area contributed by atoms with E-state index in [-0.39, 0.29) is 30.7 Å². The van der Waals surface area contributed by atoms with Crippen LogP contribution in [0.15, 0.2) is 30.3 Å². The monoisotopic (exact) mass is 333 g/mol. The van der Waals surface area contributed by atoms with E-state index in [1.54, 1.807) is 24.0 Å². The Balaban J connectivity index is 1.99. The third kappa shape index (κ3) is 4.63. The fourth-order valence-corrected chi connectivity index (χ4v) is 2.37. The van der Waals surface area contributed by atoms with Crippen LogP contribution >= 0.6 is 0 Å². The number of esters is 1. The average molecular weight is 333 g/mol. The maximum atomic E-state index is 12.2. The molecular weight excluding hydrogens is 314 g/mol. The van der Waals surface area contributed by atoms with Gasteiger partial charge in [-0.25, -0.2) is 0 Å². The second-order valence-corrected chi connectivity index (χ2v) is 5.23. The van der Waals surface area contributed by atoms with Crippen LogP contribution in [0, 0.1) is 10.1 Å². The number of amides is 1. The molecule has 1 aliphatic rings. The van der Waals surface area contributed by atoms with Crippen molar-refractivity contribution in [1.29, 1.82) is 0 Å². The zero-order valence-electron chi connectivity index (χ0n) is 13.3. The van der Waals surface area contributed by atoms with Crippen LogP contribution in [0.1, 0.15) is 12.5 Å². The van der Waals surface area contributed by atoms with E-state index in [1.165, 1.54) is 24.3 Å². The van der Waals surface area contributed by atoms with Crippen molar-refractivity contribution in [2.45, 2.75) is 13.0 Å². The molecule has 0 spiro atoms. The minimum absolute atomic E-state index is 0.0332. The number of hydrogen-bond donors (Lipinski definition) is 1. The van der Waals surface area contributed by atoms with Crippen molar-refractivity contribution in [3.05, 3.63) is 46.0 Å². The molecule has 8 nitrogen and oxygen atoms in total. The number of nitro groups is 1. The van der Waals surface area contributed by atoms with Gasteiger partial charge in [-0.15, -0.1) is 0 Å². The predicted octanol–water partition coefficient (Wildman–Crippen LogP) is 0.971. The van der Waals surface area contributed by atoms with E-state index in [1.807, 2.05) is 0 Å². The Hall–Kier alpha value is -2.74. The molecule has 2 rings (SSSR count). The minimum Gasteiger partial charge on any atom is -0.465 e. The third-order valence-electron chi connectivity index (χ3n) is 3.56. The Morgan fingerprint density at radius 1 is 1.50 bits per heavy atom. The molecule has 0 saturated carbocycles. The summed E-state index contributed by atoms with van der Waals surface area (Å²) < 4.78 is 4.95. The van der Waals surface area contributed by atoms with Gasteiger partial charge in [0.2, 0.25) is 5.91 Å². The first kappa shape index (κ1) is 17.6. The van der Waals surface area contributed by atoms with Gasteiger partial charge >= 0.3 is 5.97 Å². The number of nitrogens with zero attached hydrogens (tertiary/aromatic N) is 2. The molecule has 0 radical (unpaired) electrons. The number of benzene rings is 1. The summed E-state index contributed by atoms with van der Waals surface area (Å²) in [5.74, 6) is -0.630. The maximum absolute atomic E-state index is 12.2. The number of hydrogen-bond acceptors (Lipinski definition) is 6. The summed E-state index contributed by atoms with van der Waals surface area (Å²) in [6.07, 6.45) is 2.88. The zero-order chi connectivity index (χ0) is 17.5. The van der Waals surface area contributed by atoms with Gasteiger partial charge in [-0.3, -0.25) is 19.7 Å². The SMILES string of the molecule is CCOC(=O)C1CN(C(=O)/C=C/c2cccc([N+](=O)[O-])c2)CCN1. The fourth-order valence-electron chi connectivity index (χ4n) is 2.37. The molecule has 1 amide bonds. The first-order valence-electron chi connectivity index (χ1n) is 7.62. The highest BCUT2D eigenvalue weighted by molar-refractivity contribution is 5.92. The fraction of sp³-hybridized carbons (Fsp3) is 0.375. The lowest BCUT2D eigenvalue weighted by Gasteiger charge is -2.31. The van der Waals surface area contributed by atoms with Crippen LogP contribution in [0.5, 0.6) is 0 Å². The summed E-state index contributed by atoms with van der Waals surface area (Å²) in [6, 6.07) is 5.48. The number of piperazine rings is 1. The lowest BCUT2D eigenvalue weighted by Crippen LogP contribution is -2.55. The van der Waals surface area contributed by atoms with Crippen LogP contribution in [0.4, 0.5) is 5.69 Å². The van der Waals surface area contributed by atoms with Crippen LogP contribution in [-0.4, -0.2) is 54.0 Å². The Labute approximate surface area is 139 Å². The summed E-state index contributed by atoms with van der Waals surface area (Å²) in [5.41, 5.74) is 0.531. The van der Waals surface area contributed by atoms with Gasteiger partial charge in [0.25, 0.3) is 5.69 Å². The second-order valence-electron chi connectivity index (χ2n) is 5.23. The van der Waals surface area contributed by atoms with Gasteiger partial charge in [0.15, 0.2) is 0 Å². The molecule has 1 aromatic rings. The Morgan fingerprint density at radius 3 is 3.00 bits per heavy atom. The molecule has 0 aromatic heterocycles. The molecule has 1 aromatic carbocycles. The lowest BCUT2D eigenvalue weighted by molar-refractivity contribution is -0.384. The van der Waals surface area contributed by atoms with Crippen molar-refractivity contribution in [2.24, 2.45) is 0 Å². The van der Waals surface area contributed by atoms with Gasteiger partial charge in [-0.1, -0.05) is 12.1 Å². The number of nitro benzene ring substituents is 1. The van der Waals surface area contributed by atoms with Gasteiger partial charge in [0.05, 0.1) is 11.5 Å². The molecule has 24 heavy (non-hydrogen) atoms. The highest BCUT2D eigenvalue weighted by atomic mass is 16.6. The molecule has 1 unspecified atom stereocenters. The van der Waals surface area contributed by atoms with E-state index in [9.17, 15) is 19.7 Å². The molecule has 128 valence electrons. The summed E-state index contributed by atoms with van der Waals surface area (Å²) >= 11 is 0. The van der Waals surface area contributed by atoms with E-state index in [0.717, 1.165) is 0 Å². The van der Waals surface area contributed by atoms with Crippen molar-refractivity contribution < 1.29 is 19.2 Å². The zero-order valence-corrected chi connectivity index (χ0v) is 13.3. The number of rotatable bonds is 5. The summed E-state index contributed by atoms with van der Waals surface area (Å²) in [6.45, 7) is 3.23. The van der Waals surface area contributed by atoms with Crippen LogP contribution in [0.3, 0.4) is 0 Å². The number of carbonyl (C=O) groups excluding carboxylic acids is 2. The highest BCUT2D eigenvalue weighted by Gasteiger charge is 2.27. The molecule has 1 heterocycles. The molecule has 1 saturated heterocycles. The third-order valence-corrected chi connectivity index (χ3v) is 3.56. The van der Waals surface area contributed by atoms with Gasteiger partial charge in [0.1, 0.15) is 6.04 Å². The van der Waals surface area contributed by atoms with Gasteiger partial charge < -0.3 is 15.0 Å². The van der Waals surface area contributed by atoms with Gasteiger partial charge in [0, 0.05) is 37.8 Å². The van der Waals surface area contributed by atoms with Crippen LogP contribution < -0.4 is 5.32 Å². The number of non-ortho nitro benzene ring substituents is 1. The van der Waals surface area contributed by atoms with Crippen LogP contribution in [0.2, 0.25) is 0 Å². The molecule has 1 aliphatic heterocycles. The standard InChI is InChI=1S/C16H19N3O5/c1-2-24-16(21)14-11-18(9-8-17-14)15(20)7-6-12-4-3-5-13(10-12)19(22)23/h3-7,10,14,17H,2,8-9,11H2,1H3/b7-6+. The van der Waals surface area contributed by atoms with Crippen molar-refractivity contribution >= 4 is 23.6 Å². The predicted molar refractivity (Wildman–Crippen MR) is 87.1 cm³/mol. The van der Waals surface area contributed by atoms with E-state index in [2.05, 4.69) is 5.32 Å². The molecular formula is C16H19N3O5. The number of nitrogens with one attached hydrogen (secondary N) is 1. The Bertz CT molecular complexity index is 659. The topological polar surface area (TPSA) is 102 Å². The largest absolute Gasteiger partial charge is 0.465 e. The van der Waals surface area contributed by atoms with E-state index in [0.29, 0.717) is 18.7 Å². The normalized spacial score (nSPS) is 17.7. The van der Waals surface area contributed by atoms with E-state index < -0.39 is 11.0 Å². The Kier molecular flexibility index (Phi) is 6.02. The molecule has 0 aliphatic carbocycles.